The van der Waals surface area contributed by atoms with Gasteiger partial charge in [0, 0.05) is 18.4 Å². The first kappa shape index (κ1) is 11.4. The summed E-state index contributed by atoms with van der Waals surface area (Å²) in [5, 5.41) is 0. The molecular formula is C15H14N4O. The van der Waals surface area contributed by atoms with Crippen LogP contribution < -0.4 is 5.56 Å². The topological polar surface area (TPSA) is 52.7 Å². The van der Waals surface area contributed by atoms with Gasteiger partial charge in [0.15, 0.2) is 0 Å². The van der Waals surface area contributed by atoms with Gasteiger partial charge in [-0.25, -0.2) is 9.97 Å². The fraction of sp³-hybridized carbons (Fsp3) is 0.267. The zero-order valence-electron chi connectivity index (χ0n) is 11.2. The number of nitrogens with zero attached hydrogens (tertiary/aromatic N) is 4. The lowest BCUT2D eigenvalue weighted by atomic mass is 10.3. The van der Waals surface area contributed by atoms with Crippen molar-refractivity contribution in [2.45, 2.75) is 25.8 Å². The number of rotatable bonds is 2. The maximum absolute atomic E-state index is 12.6. The van der Waals surface area contributed by atoms with Gasteiger partial charge in [0.05, 0.1) is 11.0 Å². The quantitative estimate of drug-likeness (QED) is 0.714. The van der Waals surface area contributed by atoms with Crippen LogP contribution in [0, 0.1) is 6.92 Å². The average molecular weight is 266 g/mol. The van der Waals surface area contributed by atoms with Crippen LogP contribution in [0.4, 0.5) is 0 Å². The van der Waals surface area contributed by atoms with E-state index in [0.29, 0.717) is 11.9 Å². The zero-order chi connectivity index (χ0) is 13.7. The third kappa shape index (κ3) is 1.59. The van der Waals surface area contributed by atoms with Crippen LogP contribution in [0.15, 0.2) is 41.5 Å². The molecule has 0 atom stereocenters. The van der Waals surface area contributed by atoms with Crippen LogP contribution >= 0.6 is 0 Å². The molecule has 0 amide bonds. The molecule has 0 spiro atoms. The van der Waals surface area contributed by atoms with Crippen LogP contribution in [0.25, 0.3) is 16.9 Å². The lowest BCUT2D eigenvalue weighted by molar-refractivity contribution is 0.687. The maximum atomic E-state index is 12.6. The van der Waals surface area contributed by atoms with Crippen LogP contribution in [0.3, 0.4) is 0 Å². The molecule has 1 aliphatic carbocycles. The van der Waals surface area contributed by atoms with Crippen molar-refractivity contribution in [1.82, 2.24) is 19.1 Å². The van der Waals surface area contributed by atoms with Crippen molar-refractivity contribution in [3.05, 3.63) is 52.8 Å². The van der Waals surface area contributed by atoms with Crippen LogP contribution in [0.2, 0.25) is 0 Å². The van der Waals surface area contributed by atoms with E-state index in [4.69, 9.17) is 0 Å². The molecule has 0 aliphatic heterocycles. The Balaban J connectivity index is 2.02. The monoisotopic (exact) mass is 266 g/mol. The average Bonchev–Trinajstić information content (AvgIpc) is 3.22. The predicted octanol–water partition coefficient (Wildman–Crippen LogP) is 2.23. The molecule has 2 heterocycles. The third-order valence-electron chi connectivity index (χ3n) is 3.73. The first-order valence-electron chi connectivity index (χ1n) is 6.77. The highest BCUT2D eigenvalue weighted by molar-refractivity contribution is 5.77. The van der Waals surface area contributed by atoms with Gasteiger partial charge in [-0.05, 0) is 31.9 Å². The predicted molar refractivity (Wildman–Crippen MR) is 76.1 cm³/mol. The summed E-state index contributed by atoms with van der Waals surface area (Å²) in [6.45, 7) is 1.90. The first-order chi connectivity index (χ1) is 9.75. The fourth-order valence-electron chi connectivity index (χ4n) is 2.62. The Kier molecular flexibility index (Phi) is 2.30. The molecule has 0 unspecified atom stereocenters. The number of fused-ring (bicyclic) bond motifs is 1. The molecule has 1 aliphatic rings. The number of imidazole rings is 1. The second-order valence-electron chi connectivity index (χ2n) is 5.18. The van der Waals surface area contributed by atoms with E-state index in [1.54, 1.807) is 17.0 Å². The number of para-hydroxylation sites is 2. The van der Waals surface area contributed by atoms with Gasteiger partial charge in [-0.1, -0.05) is 12.1 Å². The molecule has 0 saturated heterocycles. The molecule has 0 N–H and O–H groups in total. The van der Waals surface area contributed by atoms with Gasteiger partial charge in [0.2, 0.25) is 5.82 Å². The summed E-state index contributed by atoms with van der Waals surface area (Å²) in [7, 11) is 0. The molecule has 100 valence electrons. The van der Waals surface area contributed by atoms with Gasteiger partial charge >= 0.3 is 0 Å². The molecule has 1 fully saturated rings. The second kappa shape index (κ2) is 4.03. The Morgan fingerprint density at radius 2 is 2.05 bits per heavy atom. The van der Waals surface area contributed by atoms with Crippen molar-refractivity contribution in [2.75, 3.05) is 0 Å². The molecule has 0 radical (unpaired) electrons. The van der Waals surface area contributed by atoms with E-state index in [1.807, 2.05) is 35.8 Å². The van der Waals surface area contributed by atoms with Gasteiger partial charge in [0.25, 0.3) is 5.56 Å². The van der Waals surface area contributed by atoms with Crippen LogP contribution in [0.5, 0.6) is 0 Å². The van der Waals surface area contributed by atoms with Gasteiger partial charge in [-0.3, -0.25) is 9.36 Å². The summed E-state index contributed by atoms with van der Waals surface area (Å²) in [6, 6.07) is 8.15. The molecule has 5 heteroatoms. The van der Waals surface area contributed by atoms with Crippen molar-refractivity contribution in [3.63, 3.8) is 0 Å². The van der Waals surface area contributed by atoms with E-state index in [1.165, 1.54) is 0 Å². The number of aryl methyl sites for hydroxylation is 1. The molecule has 5 nitrogen and oxygen atoms in total. The van der Waals surface area contributed by atoms with E-state index < -0.39 is 0 Å². The lowest BCUT2D eigenvalue weighted by Gasteiger charge is -2.08. The normalized spacial score (nSPS) is 14.8. The Hall–Kier alpha value is -2.43. The number of hydrogen-bond donors (Lipinski definition) is 0. The van der Waals surface area contributed by atoms with Gasteiger partial charge in [0.1, 0.15) is 5.82 Å². The summed E-state index contributed by atoms with van der Waals surface area (Å²) >= 11 is 0. The van der Waals surface area contributed by atoms with Crippen molar-refractivity contribution in [1.29, 1.82) is 0 Å². The molecular weight excluding hydrogens is 252 g/mol. The Morgan fingerprint density at radius 3 is 2.85 bits per heavy atom. The van der Waals surface area contributed by atoms with Crippen LogP contribution in [-0.2, 0) is 0 Å². The minimum absolute atomic E-state index is 0.0405. The molecule has 3 aromatic rings. The van der Waals surface area contributed by atoms with Crippen LogP contribution in [-0.4, -0.2) is 19.1 Å². The number of benzene rings is 1. The van der Waals surface area contributed by atoms with Crippen molar-refractivity contribution in [3.8, 4) is 5.82 Å². The molecule has 2 aromatic heterocycles. The minimum Gasteiger partial charge on any atom is -0.308 e. The van der Waals surface area contributed by atoms with E-state index in [-0.39, 0.29) is 5.56 Å². The fourth-order valence-corrected chi connectivity index (χ4v) is 2.62. The molecule has 0 bridgehead atoms. The summed E-state index contributed by atoms with van der Waals surface area (Å²) in [5.74, 6) is 1.22. The van der Waals surface area contributed by atoms with Gasteiger partial charge in [-0.2, -0.15) is 0 Å². The largest absolute Gasteiger partial charge is 0.308 e. The molecule has 4 rings (SSSR count). The lowest BCUT2D eigenvalue weighted by Crippen LogP contribution is -2.25. The number of aromatic nitrogens is 4. The highest BCUT2D eigenvalue weighted by Gasteiger charge is 2.26. The van der Waals surface area contributed by atoms with Gasteiger partial charge in [-0.15, -0.1) is 0 Å². The third-order valence-corrected chi connectivity index (χ3v) is 3.73. The van der Waals surface area contributed by atoms with E-state index >= 15 is 0 Å². The van der Waals surface area contributed by atoms with E-state index in [0.717, 1.165) is 29.7 Å². The van der Waals surface area contributed by atoms with Crippen molar-refractivity contribution >= 4 is 11.0 Å². The van der Waals surface area contributed by atoms with Gasteiger partial charge < -0.3 is 4.57 Å². The smallest absolute Gasteiger partial charge is 0.294 e. The minimum atomic E-state index is -0.0405. The summed E-state index contributed by atoms with van der Waals surface area (Å²) in [4.78, 5) is 21.4. The first-order valence-corrected chi connectivity index (χ1v) is 6.77. The van der Waals surface area contributed by atoms with E-state index in [2.05, 4.69) is 9.97 Å². The maximum Gasteiger partial charge on any atom is 0.294 e. The number of hydrogen-bond acceptors (Lipinski definition) is 3. The summed E-state index contributed by atoms with van der Waals surface area (Å²) in [6.07, 6.45) is 5.63. The highest BCUT2D eigenvalue weighted by atomic mass is 16.1. The van der Waals surface area contributed by atoms with Crippen molar-refractivity contribution in [2.24, 2.45) is 0 Å². The molecule has 1 saturated carbocycles. The second-order valence-corrected chi connectivity index (χ2v) is 5.18. The molecule has 20 heavy (non-hydrogen) atoms. The molecule has 1 aromatic carbocycles. The highest BCUT2D eigenvalue weighted by Crippen LogP contribution is 2.33. The summed E-state index contributed by atoms with van der Waals surface area (Å²) in [5.41, 5.74) is 1.76. The Morgan fingerprint density at radius 1 is 1.25 bits per heavy atom. The SMILES string of the molecule is Cc1nc2ccccc2n1-c1nccn(C2CC2)c1=O. The Labute approximate surface area is 115 Å². The Bertz CT molecular complexity index is 858. The van der Waals surface area contributed by atoms with Crippen molar-refractivity contribution < 1.29 is 0 Å². The zero-order valence-corrected chi connectivity index (χ0v) is 11.2. The van der Waals surface area contributed by atoms with E-state index in [9.17, 15) is 4.79 Å². The summed E-state index contributed by atoms with van der Waals surface area (Å²) < 4.78 is 3.63. The van der Waals surface area contributed by atoms with Crippen LogP contribution in [0.1, 0.15) is 24.7 Å². The standard InChI is InChI=1S/C15H14N4O/c1-10-17-12-4-2-3-5-13(12)19(10)14-15(20)18(9-8-16-14)11-6-7-11/h2-5,8-9,11H,6-7H2,1H3.